The molecule has 1 aliphatic rings. The molecule has 1 saturated carbocycles. The minimum absolute atomic E-state index is 0.192. The van der Waals surface area contributed by atoms with Crippen molar-refractivity contribution in [2.45, 2.75) is 19.4 Å². The van der Waals surface area contributed by atoms with Crippen LogP contribution < -0.4 is 0 Å². The summed E-state index contributed by atoms with van der Waals surface area (Å²) in [4.78, 5) is 14.9. The van der Waals surface area contributed by atoms with Crippen LogP contribution in [0, 0.1) is 17.7 Å². The molecule has 3 rings (SSSR count). The number of aliphatic carboxylic acids is 1. The molecule has 1 fully saturated rings. The molecule has 0 amide bonds. The third-order valence-electron chi connectivity index (χ3n) is 3.62. The maximum Gasteiger partial charge on any atom is 0.306 e. The predicted octanol–water partition coefficient (Wildman–Crippen LogP) is 2.29. The van der Waals surface area contributed by atoms with Crippen molar-refractivity contribution in [3.8, 4) is 0 Å². The molecule has 1 aliphatic carbocycles. The second-order valence-electron chi connectivity index (χ2n) is 4.90. The fourth-order valence-corrected chi connectivity index (χ4v) is 2.55. The third-order valence-corrected chi connectivity index (χ3v) is 3.62. The second-order valence-corrected chi connectivity index (χ2v) is 4.90. The summed E-state index contributed by atoms with van der Waals surface area (Å²) in [6.45, 7) is 0.756. The molecular weight excluding hydrogens is 235 g/mol. The van der Waals surface area contributed by atoms with Crippen molar-refractivity contribution in [1.82, 2.24) is 9.55 Å². The molecule has 0 spiro atoms. The van der Waals surface area contributed by atoms with E-state index in [1.54, 1.807) is 12.4 Å². The van der Waals surface area contributed by atoms with Crippen molar-refractivity contribution < 1.29 is 14.3 Å². The summed E-state index contributed by atoms with van der Waals surface area (Å²) in [6.07, 6.45) is 3.13. The summed E-state index contributed by atoms with van der Waals surface area (Å²) in [5.41, 5.74) is 1.54. The Kier molecular flexibility index (Phi) is 2.54. The summed E-state index contributed by atoms with van der Waals surface area (Å²) in [5.74, 6) is -0.804. The molecule has 0 saturated heterocycles. The highest BCUT2D eigenvalue weighted by Crippen LogP contribution is 2.35. The molecule has 0 radical (unpaired) electrons. The Bertz CT molecular complexity index is 602. The molecule has 0 unspecified atom stereocenters. The fourth-order valence-electron chi connectivity index (χ4n) is 2.55. The Morgan fingerprint density at radius 1 is 1.50 bits per heavy atom. The topological polar surface area (TPSA) is 55.1 Å². The van der Waals surface area contributed by atoms with Gasteiger partial charge < -0.3 is 9.67 Å². The number of carboxylic acid groups (broad SMARTS) is 1. The number of carbonyl (C=O) groups is 1. The van der Waals surface area contributed by atoms with Crippen LogP contribution in [0.25, 0.3) is 11.0 Å². The molecule has 2 aromatic rings. The van der Waals surface area contributed by atoms with Gasteiger partial charge in [0.15, 0.2) is 0 Å². The lowest BCUT2D eigenvalue weighted by Gasteiger charge is -2.32. The molecule has 94 valence electrons. The first-order valence-electron chi connectivity index (χ1n) is 5.96. The quantitative estimate of drug-likeness (QED) is 0.906. The summed E-state index contributed by atoms with van der Waals surface area (Å²) < 4.78 is 15.0. The van der Waals surface area contributed by atoms with Crippen molar-refractivity contribution in [2.75, 3.05) is 0 Å². The standard InChI is InChI=1S/C13H13FN2O2/c14-10-1-2-12-11(5-10)15-7-16(12)6-8-3-9(4-8)13(17)18/h1-2,5,7-9H,3-4,6H2,(H,17,18)/t8-,9-. The Hall–Kier alpha value is -1.91. The van der Waals surface area contributed by atoms with Gasteiger partial charge in [-0.15, -0.1) is 0 Å². The smallest absolute Gasteiger partial charge is 0.306 e. The zero-order valence-electron chi connectivity index (χ0n) is 9.71. The number of halogens is 1. The van der Waals surface area contributed by atoms with Crippen LogP contribution in [-0.2, 0) is 11.3 Å². The van der Waals surface area contributed by atoms with Crippen LogP contribution >= 0.6 is 0 Å². The maximum absolute atomic E-state index is 13.0. The lowest BCUT2D eigenvalue weighted by molar-refractivity contribution is -0.146. The van der Waals surface area contributed by atoms with E-state index in [2.05, 4.69) is 4.98 Å². The highest BCUT2D eigenvalue weighted by molar-refractivity contribution is 5.75. The monoisotopic (exact) mass is 248 g/mol. The van der Waals surface area contributed by atoms with Gasteiger partial charge in [0.25, 0.3) is 0 Å². The maximum atomic E-state index is 13.0. The summed E-state index contributed by atoms with van der Waals surface area (Å²) >= 11 is 0. The molecule has 1 aromatic carbocycles. The van der Waals surface area contributed by atoms with E-state index >= 15 is 0 Å². The number of benzene rings is 1. The Morgan fingerprint density at radius 2 is 2.28 bits per heavy atom. The van der Waals surface area contributed by atoms with Crippen molar-refractivity contribution in [3.05, 3.63) is 30.3 Å². The Labute approximate surface area is 103 Å². The van der Waals surface area contributed by atoms with Gasteiger partial charge >= 0.3 is 5.97 Å². The van der Waals surface area contributed by atoms with Crippen LogP contribution in [0.4, 0.5) is 4.39 Å². The summed E-state index contributed by atoms with van der Waals surface area (Å²) in [7, 11) is 0. The van der Waals surface area contributed by atoms with Gasteiger partial charge in [-0.3, -0.25) is 4.79 Å². The minimum Gasteiger partial charge on any atom is -0.481 e. The number of fused-ring (bicyclic) bond motifs is 1. The van der Waals surface area contributed by atoms with Gasteiger partial charge in [-0.25, -0.2) is 9.37 Å². The number of hydrogen-bond donors (Lipinski definition) is 1. The lowest BCUT2D eigenvalue weighted by atomic mass is 9.75. The highest BCUT2D eigenvalue weighted by atomic mass is 19.1. The van der Waals surface area contributed by atoms with Gasteiger partial charge in [0, 0.05) is 12.6 Å². The van der Waals surface area contributed by atoms with Crippen LogP contribution in [0.5, 0.6) is 0 Å². The molecule has 0 aliphatic heterocycles. The van der Waals surface area contributed by atoms with Crippen LogP contribution in [0.2, 0.25) is 0 Å². The van der Waals surface area contributed by atoms with Gasteiger partial charge in [-0.05, 0) is 30.9 Å². The summed E-state index contributed by atoms with van der Waals surface area (Å²) in [5, 5.41) is 8.82. The fraction of sp³-hybridized carbons (Fsp3) is 0.385. The second kappa shape index (κ2) is 4.08. The molecule has 0 atom stereocenters. The number of aromatic nitrogens is 2. The van der Waals surface area contributed by atoms with Crippen LogP contribution in [0.1, 0.15) is 12.8 Å². The van der Waals surface area contributed by atoms with Gasteiger partial charge in [0.1, 0.15) is 5.82 Å². The normalized spacial score (nSPS) is 22.9. The molecule has 1 heterocycles. The molecule has 0 bridgehead atoms. The SMILES string of the molecule is O=C(O)[C@H]1C[C@H](Cn2cnc3cc(F)ccc32)C1. The van der Waals surface area contributed by atoms with Crippen LogP contribution in [0.3, 0.4) is 0 Å². The van der Waals surface area contributed by atoms with E-state index in [0.29, 0.717) is 11.4 Å². The van der Waals surface area contributed by atoms with Crippen molar-refractivity contribution in [1.29, 1.82) is 0 Å². The van der Waals surface area contributed by atoms with Crippen molar-refractivity contribution >= 4 is 17.0 Å². The van der Waals surface area contributed by atoms with Crippen molar-refractivity contribution in [3.63, 3.8) is 0 Å². The minimum atomic E-state index is -0.705. The average molecular weight is 248 g/mol. The molecule has 1 aromatic heterocycles. The number of nitrogens with zero attached hydrogens (tertiary/aromatic N) is 2. The van der Waals surface area contributed by atoms with E-state index in [4.69, 9.17) is 5.11 Å². The van der Waals surface area contributed by atoms with E-state index in [1.807, 2.05) is 4.57 Å². The first-order valence-corrected chi connectivity index (χ1v) is 5.96. The van der Waals surface area contributed by atoms with E-state index in [0.717, 1.165) is 24.9 Å². The average Bonchev–Trinajstić information content (AvgIpc) is 2.64. The van der Waals surface area contributed by atoms with Crippen LogP contribution in [-0.4, -0.2) is 20.6 Å². The molecule has 18 heavy (non-hydrogen) atoms. The largest absolute Gasteiger partial charge is 0.481 e. The van der Waals surface area contributed by atoms with Crippen LogP contribution in [0.15, 0.2) is 24.5 Å². The zero-order valence-corrected chi connectivity index (χ0v) is 9.71. The third kappa shape index (κ3) is 1.85. The van der Waals surface area contributed by atoms with Gasteiger partial charge in [-0.2, -0.15) is 0 Å². The molecule has 5 heteroatoms. The number of carboxylic acids is 1. The highest BCUT2D eigenvalue weighted by Gasteiger charge is 2.34. The first kappa shape index (κ1) is 11.2. The van der Waals surface area contributed by atoms with Gasteiger partial charge in [0.2, 0.25) is 0 Å². The van der Waals surface area contributed by atoms with E-state index in [-0.39, 0.29) is 11.7 Å². The zero-order chi connectivity index (χ0) is 12.7. The van der Waals surface area contributed by atoms with Crippen molar-refractivity contribution in [2.24, 2.45) is 11.8 Å². The van der Waals surface area contributed by atoms with E-state index in [1.165, 1.54) is 12.1 Å². The van der Waals surface area contributed by atoms with Gasteiger partial charge in [0.05, 0.1) is 23.3 Å². The summed E-state index contributed by atoms with van der Waals surface area (Å²) in [6, 6.07) is 4.54. The molecule has 1 N–H and O–H groups in total. The number of hydrogen-bond acceptors (Lipinski definition) is 2. The molecule has 4 nitrogen and oxygen atoms in total. The van der Waals surface area contributed by atoms with E-state index in [9.17, 15) is 9.18 Å². The number of imidazole rings is 1. The first-order chi connectivity index (χ1) is 8.63. The Balaban J connectivity index is 1.74. The predicted molar refractivity (Wildman–Crippen MR) is 63.5 cm³/mol. The van der Waals surface area contributed by atoms with E-state index < -0.39 is 5.97 Å². The Morgan fingerprint density at radius 3 is 3.00 bits per heavy atom. The lowest BCUT2D eigenvalue weighted by Crippen LogP contribution is -2.32. The van der Waals surface area contributed by atoms with Gasteiger partial charge in [-0.1, -0.05) is 0 Å². The number of rotatable bonds is 3. The molecular formula is C13H13FN2O2.